The molecule has 0 unspecified atom stereocenters. The number of hydrogen-bond donors (Lipinski definition) is 1. The lowest BCUT2D eigenvalue weighted by Crippen LogP contribution is -2.32. The first-order valence-electron chi connectivity index (χ1n) is 5.73. The van der Waals surface area contributed by atoms with E-state index in [1.807, 2.05) is 18.2 Å². The molecular formula is C13H15NO2. The Morgan fingerprint density at radius 3 is 2.75 bits per heavy atom. The predicted molar refractivity (Wildman–Crippen MR) is 61.3 cm³/mol. The number of amides is 1. The topological polar surface area (TPSA) is 40.5 Å². The maximum atomic E-state index is 11.6. The Hall–Kier alpha value is -1.35. The molecule has 1 aromatic rings. The third-order valence-corrected chi connectivity index (χ3v) is 3.70. The minimum absolute atomic E-state index is 0.160. The van der Waals surface area contributed by atoms with E-state index in [1.54, 1.807) is 11.9 Å². The molecule has 1 saturated carbocycles. The summed E-state index contributed by atoms with van der Waals surface area (Å²) in [7, 11) is 1.81. The molecule has 1 heterocycles. The van der Waals surface area contributed by atoms with Crippen molar-refractivity contribution in [3.63, 3.8) is 0 Å². The molecule has 2 aliphatic rings. The van der Waals surface area contributed by atoms with Crippen LogP contribution in [-0.4, -0.2) is 18.1 Å². The molecule has 0 atom stereocenters. The van der Waals surface area contributed by atoms with Crippen LogP contribution in [0.1, 0.15) is 30.4 Å². The lowest BCUT2D eigenvalue weighted by molar-refractivity contribution is -0.118. The molecule has 1 aromatic carbocycles. The molecule has 3 heteroatoms. The second kappa shape index (κ2) is 3.08. The first-order valence-corrected chi connectivity index (χ1v) is 5.73. The van der Waals surface area contributed by atoms with E-state index in [4.69, 9.17) is 0 Å². The van der Waals surface area contributed by atoms with E-state index in [0.717, 1.165) is 36.1 Å². The summed E-state index contributed by atoms with van der Waals surface area (Å²) in [4.78, 5) is 13.3. The van der Waals surface area contributed by atoms with Gasteiger partial charge in [-0.3, -0.25) is 4.79 Å². The van der Waals surface area contributed by atoms with Crippen LogP contribution in [0.3, 0.4) is 0 Å². The fraction of sp³-hybridized carbons (Fsp3) is 0.462. The largest absolute Gasteiger partial charge is 0.385 e. The van der Waals surface area contributed by atoms with Gasteiger partial charge in [-0.15, -0.1) is 0 Å². The first kappa shape index (κ1) is 9.85. The Morgan fingerprint density at radius 2 is 2.06 bits per heavy atom. The number of fused-ring (bicyclic) bond motifs is 1. The summed E-state index contributed by atoms with van der Waals surface area (Å²) in [5.74, 6) is 0.160. The highest BCUT2D eigenvalue weighted by Gasteiger charge is 2.44. The molecule has 0 bridgehead atoms. The Kier molecular flexibility index (Phi) is 1.89. The van der Waals surface area contributed by atoms with Crippen LogP contribution in [0.25, 0.3) is 0 Å². The number of aliphatic hydroxyl groups is 1. The van der Waals surface area contributed by atoms with Crippen molar-refractivity contribution >= 4 is 11.6 Å². The molecule has 1 N–H and O–H groups in total. The van der Waals surface area contributed by atoms with E-state index in [0.29, 0.717) is 6.42 Å². The number of rotatable bonds is 1. The van der Waals surface area contributed by atoms with Gasteiger partial charge in [0.2, 0.25) is 5.91 Å². The molecule has 1 fully saturated rings. The highest BCUT2D eigenvalue weighted by atomic mass is 16.3. The predicted octanol–water partition coefficient (Wildman–Crippen LogP) is 1.58. The minimum atomic E-state index is -0.605. The van der Waals surface area contributed by atoms with Crippen LogP contribution < -0.4 is 4.90 Å². The molecule has 1 aliphatic heterocycles. The highest BCUT2D eigenvalue weighted by Crippen LogP contribution is 2.48. The van der Waals surface area contributed by atoms with E-state index in [1.165, 1.54) is 0 Å². The van der Waals surface area contributed by atoms with E-state index in [-0.39, 0.29) is 5.91 Å². The van der Waals surface area contributed by atoms with E-state index < -0.39 is 5.60 Å². The summed E-state index contributed by atoms with van der Waals surface area (Å²) in [5, 5.41) is 10.2. The smallest absolute Gasteiger partial charge is 0.227 e. The summed E-state index contributed by atoms with van der Waals surface area (Å²) < 4.78 is 0. The monoisotopic (exact) mass is 217 g/mol. The van der Waals surface area contributed by atoms with Crippen LogP contribution in [0.5, 0.6) is 0 Å². The molecule has 0 radical (unpaired) electrons. The molecule has 0 saturated heterocycles. The Morgan fingerprint density at radius 1 is 1.31 bits per heavy atom. The van der Waals surface area contributed by atoms with Gasteiger partial charge in [0.05, 0.1) is 5.60 Å². The van der Waals surface area contributed by atoms with Gasteiger partial charge in [-0.25, -0.2) is 0 Å². The second-order valence-electron chi connectivity index (χ2n) is 4.79. The van der Waals surface area contributed by atoms with Gasteiger partial charge in [0.1, 0.15) is 0 Å². The minimum Gasteiger partial charge on any atom is -0.385 e. The summed E-state index contributed by atoms with van der Waals surface area (Å²) in [6.45, 7) is 0. The van der Waals surface area contributed by atoms with Crippen LogP contribution in [0.4, 0.5) is 5.69 Å². The third kappa shape index (κ3) is 1.28. The highest BCUT2D eigenvalue weighted by molar-refractivity contribution is 5.96. The first-order chi connectivity index (χ1) is 7.62. The van der Waals surface area contributed by atoms with E-state index in [2.05, 4.69) is 0 Å². The van der Waals surface area contributed by atoms with Crippen molar-refractivity contribution in [2.75, 3.05) is 11.9 Å². The molecule has 84 valence electrons. The fourth-order valence-electron chi connectivity index (χ4n) is 2.51. The van der Waals surface area contributed by atoms with Crippen LogP contribution in [0.15, 0.2) is 18.2 Å². The quantitative estimate of drug-likeness (QED) is 0.775. The fourth-order valence-corrected chi connectivity index (χ4v) is 2.51. The van der Waals surface area contributed by atoms with E-state index in [9.17, 15) is 9.90 Å². The van der Waals surface area contributed by atoms with Gasteiger partial charge < -0.3 is 10.0 Å². The van der Waals surface area contributed by atoms with Gasteiger partial charge in [-0.1, -0.05) is 12.1 Å². The van der Waals surface area contributed by atoms with E-state index >= 15 is 0 Å². The maximum absolute atomic E-state index is 11.6. The van der Waals surface area contributed by atoms with Crippen LogP contribution in [0.2, 0.25) is 0 Å². The van der Waals surface area contributed by atoms with Gasteiger partial charge in [0.15, 0.2) is 0 Å². The molecule has 1 amide bonds. The molecular weight excluding hydrogens is 202 g/mol. The Balaban J connectivity index is 2.13. The Bertz CT molecular complexity index is 463. The average Bonchev–Trinajstić information content (AvgIpc) is 3.03. The summed E-state index contributed by atoms with van der Waals surface area (Å²) in [5.41, 5.74) is 2.55. The molecule has 16 heavy (non-hydrogen) atoms. The molecule has 0 spiro atoms. The van der Waals surface area contributed by atoms with Gasteiger partial charge in [0.25, 0.3) is 0 Å². The zero-order valence-electron chi connectivity index (χ0n) is 9.36. The number of carbonyl (C=O) groups excluding carboxylic acids is 1. The van der Waals surface area contributed by atoms with Crippen molar-refractivity contribution in [3.05, 3.63) is 29.3 Å². The zero-order valence-corrected chi connectivity index (χ0v) is 9.36. The van der Waals surface area contributed by atoms with Crippen molar-refractivity contribution in [2.24, 2.45) is 0 Å². The third-order valence-electron chi connectivity index (χ3n) is 3.70. The van der Waals surface area contributed by atoms with Crippen molar-refractivity contribution < 1.29 is 9.90 Å². The van der Waals surface area contributed by atoms with Crippen LogP contribution in [0, 0.1) is 0 Å². The van der Waals surface area contributed by atoms with Gasteiger partial charge in [0, 0.05) is 19.2 Å². The van der Waals surface area contributed by atoms with Crippen molar-refractivity contribution in [2.45, 2.75) is 31.3 Å². The SMILES string of the molecule is CN1C(=O)CCc2c1cccc2C1(O)CC1. The number of carbonyl (C=O) groups is 1. The second-order valence-corrected chi connectivity index (χ2v) is 4.79. The molecule has 3 nitrogen and oxygen atoms in total. The van der Waals surface area contributed by atoms with Gasteiger partial charge in [-0.2, -0.15) is 0 Å². The number of anilines is 1. The number of hydrogen-bond acceptors (Lipinski definition) is 2. The van der Waals surface area contributed by atoms with Gasteiger partial charge >= 0.3 is 0 Å². The number of benzene rings is 1. The maximum Gasteiger partial charge on any atom is 0.227 e. The van der Waals surface area contributed by atoms with Gasteiger partial charge in [-0.05, 0) is 36.5 Å². The standard InChI is InChI=1S/C13H15NO2/c1-14-11-4-2-3-10(13(16)7-8-13)9(11)5-6-12(14)15/h2-4,16H,5-8H2,1H3. The Labute approximate surface area is 94.7 Å². The van der Waals surface area contributed by atoms with Crippen molar-refractivity contribution in [1.82, 2.24) is 0 Å². The average molecular weight is 217 g/mol. The zero-order chi connectivity index (χ0) is 11.3. The molecule has 3 rings (SSSR count). The molecule has 0 aromatic heterocycles. The molecule has 1 aliphatic carbocycles. The number of nitrogens with zero attached hydrogens (tertiary/aromatic N) is 1. The summed E-state index contributed by atoms with van der Waals surface area (Å²) >= 11 is 0. The lowest BCUT2D eigenvalue weighted by atomic mass is 9.92. The van der Waals surface area contributed by atoms with Crippen LogP contribution >= 0.6 is 0 Å². The lowest BCUT2D eigenvalue weighted by Gasteiger charge is -2.28. The van der Waals surface area contributed by atoms with Crippen molar-refractivity contribution in [1.29, 1.82) is 0 Å². The summed E-state index contributed by atoms with van der Waals surface area (Å²) in [6, 6.07) is 5.89. The summed E-state index contributed by atoms with van der Waals surface area (Å²) in [6.07, 6.45) is 3.01. The normalized spacial score (nSPS) is 21.9. The van der Waals surface area contributed by atoms with Crippen LogP contribution in [-0.2, 0) is 16.8 Å². The van der Waals surface area contributed by atoms with Crippen molar-refractivity contribution in [3.8, 4) is 0 Å².